The highest BCUT2D eigenvalue weighted by Crippen LogP contribution is 2.33. The van der Waals surface area contributed by atoms with E-state index in [1.165, 1.54) is 4.90 Å². The number of hydrogen-bond donors (Lipinski definition) is 3. The summed E-state index contributed by atoms with van der Waals surface area (Å²) in [5.74, 6) is -0.691. The minimum Gasteiger partial charge on any atom is -0.380 e. The lowest BCUT2D eigenvalue weighted by Crippen LogP contribution is -2.52. The van der Waals surface area contributed by atoms with E-state index in [9.17, 15) is 18.8 Å². The molecule has 5 heterocycles. The van der Waals surface area contributed by atoms with E-state index >= 15 is 0 Å². The number of amides is 3. The molecular weight excluding hydrogens is 453 g/mol. The third-order valence-electron chi connectivity index (χ3n) is 7.06. The first-order valence-corrected chi connectivity index (χ1v) is 11.6. The molecule has 0 saturated carbocycles. The predicted molar refractivity (Wildman–Crippen MR) is 125 cm³/mol. The number of nitrogen functional groups attached to an aromatic ring is 1. The minimum absolute atomic E-state index is 0.209. The highest BCUT2D eigenvalue weighted by atomic mass is 19.1. The molecule has 2 unspecified atom stereocenters. The van der Waals surface area contributed by atoms with Crippen molar-refractivity contribution < 1.29 is 18.8 Å². The van der Waals surface area contributed by atoms with E-state index in [4.69, 9.17) is 10.7 Å². The molecule has 4 N–H and O–H groups in total. The summed E-state index contributed by atoms with van der Waals surface area (Å²) in [6.07, 6.45) is 0.227. The van der Waals surface area contributed by atoms with Crippen LogP contribution in [0.2, 0.25) is 0 Å². The molecule has 3 aliphatic heterocycles. The van der Waals surface area contributed by atoms with Gasteiger partial charge in [0.05, 0.1) is 11.2 Å². The third kappa shape index (κ3) is 3.72. The maximum Gasteiger partial charge on any atom is 0.255 e. The van der Waals surface area contributed by atoms with E-state index in [1.807, 2.05) is 18.2 Å². The molecule has 0 bridgehead atoms. The van der Waals surface area contributed by atoms with Gasteiger partial charge in [-0.25, -0.2) is 9.37 Å². The van der Waals surface area contributed by atoms with Gasteiger partial charge < -0.3 is 10.6 Å². The molecule has 2 atom stereocenters. The number of likely N-dealkylation sites (tertiary alicyclic amines) is 1. The van der Waals surface area contributed by atoms with Gasteiger partial charge in [-0.3, -0.25) is 29.7 Å². The summed E-state index contributed by atoms with van der Waals surface area (Å²) in [4.78, 5) is 45.1. The largest absolute Gasteiger partial charge is 0.380 e. The molecule has 10 nitrogen and oxygen atoms in total. The van der Waals surface area contributed by atoms with Gasteiger partial charge in [0.1, 0.15) is 17.7 Å². The maximum absolute atomic E-state index is 13.7. The van der Waals surface area contributed by atoms with Crippen LogP contribution >= 0.6 is 0 Å². The van der Waals surface area contributed by atoms with Crippen LogP contribution in [0.1, 0.15) is 40.7 Å². The number of hydrogen-bond acceptors (Lipinski definition) is 7. The van der Waals surface area contributed by atoms with Crippen molar-refractivity contribution in [3.8, 4) is 11.3 Å². The van der Waals surface area contributed by atoms with Gasteiger partial charge >= 0.3 is 0 Å². The van der Waals surface area contributed by atoms with Crippen molar-refractivity contribution in [3.05, 3.63) is 41.0 Å². The van der Waals surface area contributed by atoms with Gasteiger partial charge in [-0.05, 0) is 42.2 Å². The van der Waals surface area contributed by atoms with Gasteiger partial charge in [-0.2, -0.15) is 5.10 Å². The summed E-state index contributed by atoms with van der Waals surface area (Å²) >= 11 is 0. The fourth-order valence-electron chi connectivity index (χ4n) is 5.25. The number of H-pyrrole nitrogens is 1. The monoisotopic (exact) mass is 477 g/mol. The number of anilines is 1. The fourth-order valence-corrected chi connectivity index (χ4v) is 5.25. The molecule has 6 rings (SSSR count). The lowest BCUT2D eigenvalue weighted by atomic mass is 10.0. The van der Waals surface area contributed by atoms with E-state index in [-0.39, 0.29) is 30.6 Å². The normalized spacial score (nSPS) is 22.8. The highest BCUT2D eigenvalue weighted by Gasteiger charge is 2.39. The topological polar surface area (TPSA) is 137 Å². The van der Waals surface area contributed by atoms with E-state index in [1.54, 1.807) is 6.07 Å². The number of carbonyl (C=O) groups excluding carboxylic acids is 3. The summed E-state index contributed by atoms with van der Waals surface area (Å²) in [6, 6.07) is 6.76. The number of nitrogens with zero attached hydrogens (tertiary/aromatic N) is 4. The summed E-state index contributed by atoms with van der Waals surface area (Å²) in [6.45, 7) is 1.89. The molecule has 2 saturated heterocycles. The smallest absolute Gasteiger partial charge is 0.255 e. The quantitative estimate of drug-likeness (QED) is 0.485. The number of nitrogens with two attached hydrogens (primary N) is 1. The van der Waals surface area contributed by atoms with Crippen LogP contribution in [0.15, 0.2) is 24.3 Å². The zero-order valence-electron chi connectivity index (χ0n) is 18.9. The number of halogens is 1. The Labute approximate surface area is 199 Å². The lowest BCUT2D eigenvalue weighted by molar-refractivity contribution is -0.136. The standard InChI is InChI=1S/C24H24FN7O3/c25-15-5-6-31(11-15)9-14-8-17(27-21-20(14)29-30-22(21)26)12-1-2-16-13(7-12)10-32(24(16)35)18-3-4-19(33)28-23(18)34/h1-2,7-8,15,18H,3-6,9-11H2,(H3,26,29,30)(H,28,33,34). The summed E-state index contributed by atoms with van der Waals surface area (Å²) in [5, 5.41) is 9.37. The number of aromatic amines is 1. The van der Waals surface area contributed by atoms with E-state index in [2.05, 4.69) is 20.4 Å². The van der Waals surface area contributed by atoms with Gasteiger partial charge in [-0.15, -0.1) is 0 Å². The molecule has 3 amide bonds. The Morgan fingerprint density at radius 2 is 2.03 bits per heavy atom. The lowest BCUT2D eigenvalue weighted by Gasteiger charge is -2.29. The number of carbonyl (C=O) groups is 3. The van der Waals surface area contributed by atoms with Gasteiger partial charge in [0.25, 0.3) is 5.91 Å². The Morgan fingerprint density at radius 1 is 1.17 bits per heavy atom. The SMILES string of the molecule is Nc1n[nH]c2c(CN3CCC(F)C3)cc(-c3ccc4c(c3)CN(C3CCC(=O)NC3=O)C4=O)nc12. The van der Waals surface area contributed by atoms with Crippen LogP contribution in [0, 0.1) is 0 Å². The highest BCUT2D eigenvalue weighted by molar-refractivity contribution is 6.05. The fraction of sp³-hybridized carbons (Fsp3) is 0.375. The molecule has 35 heavy (non-hydrogen) atoms. The Balaban J connectivity index is 1.33. The summed E-state index contributed by atoms with van der Waals surface area (Å²) in [7, 11) is 0. The molecule has 2 fully saturated rings. The van der Waals surface area contributed by atoms with Crippen LogP contribution in [-0.2, 0) is 22.7 Å². The number of imide groups is 1. The van der Waals surface area contributed by atoms with Gasteiger partial charge in [0, 0.05) is 43.7 Å². The Hall–Kier alpha value is -3.86. The van der Waals surface area contributed by atoms with Crippen molar-refractivity contribution in [3.63, 3.8) is 0 Å². The van der Waals surface area contributed by atoms with Crippen molar-refractivity contribution >= 4 is 34.6 Å². The number of benzene rings is 1. The van der Waals surface area contributed by atoms with Crippen LogP contribution in [-0.4, -0.2) is 68.0 Å². The molecule has 3 aliphatic rings. The second-order valence-corrected chi connectivity index (χ2v) is 9.39. The number of pyridine rings is 1. The zero-order valence-corrected chi connectivity index (χ0v) is 18.9. The zero-order chi connectivity index (χ0) is 24.3. The van der Waals surface area contributed by atoms with Crippen molar-refractivity contribution in [2.24, 2.45) is 0 Å². The predicted octanol–water partition coefficient (Wildman–Crippen LogP) is 1.51. The second-order valence-electron chi connectivity index (χ2n) is 9.39. The number of nitrogens with one attached hydrogen (secondary N) is 2. The van der Waals surface area contributed by atoms with E-state index in [0.717, 1.165) is 22.2 Å². The molecule has 180 valence electrons. The number of fused-ring (bicyclic) bond motifs is 2. The van der Waals surface area contributed by atoms with Crippen LogP contribution in [0.25, 0.3) is 22.3 Å². The average Bonchev–Trinajstić information content (AvgIpc) is 3.51. The summed E-state index contributed by atoms with van der Waals surface area (Å²) < 4.78 is 13.7. The van der Waals surface area contributed by atoms with Gasteiger partial charge in [0.15, 0.2) is 5.82 Å². The van der Waals surface area contributed by atoms with E-state index < -0.39 is 18.1 Å². The Kier molecular flexibility index (Phi) is 5.03. The first kappa shape index (κ1) is 21.7. The van der Waals surface area contributed by atoms with Crippen molar-refractivity contribution in [1.29, 1.82) is 0 Å². The first-order valence-electron chi connectivity index (χ1n) is 11.6. The van der Waals surface area contributed by atoms with Crippen molar-refractivity contribution in [2.45, 2.75) is 44.6 Å². The van der Waals surface area contributed by atoms with Gasteiger partial charge in [0.2, 0.25) is 11.8 Å². The number of piperidine rings is 1. The molecular formula is C24H24FN7O3. The van der Waals surface area contributed by atoms with Crippen LogP contribution in [0.3, 0.4) is 0 Å². The molecule has 11 heteroatoms. The molecule has 3 aromatic rings. The maximum atomic E-state index is 13.7. The average molecular weight is 478 g/mol. The Bertz CT molecular complexity index is 1390. The minimum atomic E-state index is -0.819. The van der Waals surface area contributed by atoms with Gasteiger partial charge in [-0.1, -0.05) is 6.07 Å². The molecule has 0 spiro atoms. The number of aromatic nitrogens is 3. The molecule has 2 aromatic heterocycles. The first-order chi connectivity index (χ1) is 16.9. The van der Waals surface area contributed by atoms with Crippen molar-refractivity contribution in [2.75, 3.05) is 18.8 Å². The summed E-state index contributed by atoms with van der Waals surface area (Å²) in [5.41, 5.74) is 11.1. The Morgan fingerprint density at radius 3 is 2.80 bits per heavy atom. The van der Waals surface area contributed by atoms with Crippen molar-refractivity contribution in [1.82, 2.24) is 30.3 Å². The molecule has 1 aromatic carbocycles. The molecule has 0 radical (unpaired) electrons. The number of rotatable bonds is 4. The number of alkyl halides is 1. The van der Waals surface area contributed by atoms with Crippen LogP contribution in [0.4, 0.5) is 10.2 Å². The molecule has 0 aliphatic carbocycles. The van der Waals surface area contributed by atoms with Crippen LogP contribution in [0.5, 0.6) is 0 Å². The van der Waals surface area contributed by atoms with E-state index in [0.29, 0.717) is 49.2 Å². The third-order valence-corrected chi connectivity index (χ3v) is 7.06. The van der Waals surface area contributed by atoms with Crippen LogP contribution < -0.4 is 11.1 Å². The second kappa shape index (κ2) is 8.12.